The van der Waals surface area contributed by atoms with E-state index in [0.29, 0.717) is 11.8 Å². The molecule has 1 N–H and O–H groups in total. The van der Waals surface area contributed by atoms with Crippen molar-refractivity contribution < 1.29 is 14.7 Å². The van der Waals surface area contributed by atoms with Gasteiger partial charge in [-0.1, -0.05) is 18.2 Å². The van der Waals surface area contributed by atoms with Gasteiger partial charge in [0.05, 0.1) is 11.5 Å². The van der Waals surface area contributed by atoms with Crippen LogP contribution in [0.25, 0.3) is 10.9 Å². The van der Waals surface area contributed by atoms with Crippen LogP contribution in [0.2, 0.25) is 0 Å². The lowest BCUT2D eigenvalue weighted by molar-refractivity contribution is -0.144. The lowest BCUT2D eigenvalue weighted by atomic mass is 9.70. The maximum Gasteiger partial charge on any atom is 0.306 e. The summed E-state index contributed by atoms with van der Waals surface area (Å²) in [4.78, 5) is 28.9. The zero-order valence-corrected chi connectivity index (χ0v) is 17.4. The van der Waals surface area contributed by atoms with Crippen LogP contribution in [0.4, 0.5) is 0 Å². The second-order valence-electron chi connectivity index (χ2n) is 8.96. The van der Waals surface area contributed by atoms with Crippen LogP contribution in [0.1, 0.15) is 36.0 Å². The van der Waals surface area contributed by atoms with E-state index >= 15 is 0 Å². The van der Waals surface area contributed by atoms with Crippen LogP contribution in [0.3, 0.4) is 0 Å². The molecule has 2 heterocycles. The van der Waals surface area contributed by atoms with Gasteiger partial charge < -0.3 is 19.5 Å². The van der Waals surface area contributed by atoms with Gasteiger partial charge in [-0.15, -0.1) is 0 Å². The number of para-hydroxylation sites is 1. The Labute approximate surface area is 172 Å². The van der Waals surface area contributed by atoms with Gasteiger partial charge in [0.25, 0.3) is 5.91 Å². The van der Waals surface area contributed by atoms with E-state index in [1.807, 2.05) is 29.3 Å². The third-order valence-electron chi connectivity index (χ3n) is 6.81. The first kappa shape index (κ1) is 20.0. The minimum absolute atomic E-state index is 0.114. The Kier molecular flexibility index (Phi) is 5.63. The van der Waals surface area contributed by atoms with E-state index in [4.69, 9.17) is 0 Å². The standard InChI is InChI=1S/C23H31N3O3/c1-24(2)11-12-25-15-20(19-5-3-4-6-21(19)25)22(27)26-10-9-16-13-17(23(28)29)7-8-18(16)14-26/h3-6,15-18H,7-14H2,1-2H3,(H,28,29). The predicted molar refractivity (Wildman–Crippen MR) is 113 cm³/mol. The number of carboxylic acid groups (broad SMARTS) is 1. The van der Waals surface area contributed by atoms with Gasteiger partial charge in [0.1, 0.15) is 0 Å². The van der Waals surface area contributed by atoms with Gasteiger partial charge in [-0.3, -0.25) is 9.59 Å². The summed E-state index contributed by atoms with van der Waals surface area (Å²) in [5, 5.41) is 10.3. The van der Waals surface area contributed by atoms with Crippen molar-refractivity contribution in [3.8, 4) is 0 Å². The zero-order valence-electron chi connectivity index (χ0n) is 17.4. The van der Waals surface area contributed by atoms with E-state index in [9.17, 15) is 14.7 Å². The largest absolute Gasteiger partial charge is 0.481 e. The van der Waals surface area contributed by atoms with Crippen molar-refractivity contribution in [2.24, 2.45) is 17.8 Å². The van der Waals surface area contributed by atoms with Crippen molar-refractivity contribution in [1.82, 2.24) is 14.4 Å². The van der Waals surface area contributed by atoms with E-state index in [2.05, 4.69) is 29.6 Å². The summed E-state index contributed by atoms with van der Waals surface area (Å²) in [6.45, 7) is 3.25. The molecule has 156 valence electrons. The molecule has 29 heavy (non-hydrogen) atoms. The van der Waals surface area contributed by atoms with E-state index in [0.717, 1.165) is 68.3 Å². The molecule has 2 aromatic rings. The van der Waals surface area contributed by atoms with Gasteiger partial charge in [-0.25, -0.2) is 0 Å². The SMILES string of the molecule is CN(C)CCn1cc(C(=O)N2CCC3CC(C(=O)O)CCC3C2)c2ccccc21. The summed E-state index contributed by atoms with van der Waals surface area (Å²) in [5.74, 6) is 0.130. The number of carboxylic acids is 1. The van der Waals surface area contributed by atoms with Crippen molar-refractivity contribution >= 4 is 22.8 Å². The van der Waals surface area contributed by atoms with Crippen LogP contribution in [0.5, 0.6) is 0 Å². The van der Waals surface area contributed by atoms with Crippen LogP contribution in [-0.2, 0) is 11.3 Å². The summed E-state index contributed by atoms with van der Waals surface area (Å²) in [6.07, 6.45) is 5.35. The number of hydrogen-bond donors (Lipinski definition) is 1. The molecule has 0 radical (unpaired) electrons. The predicted octanol–water partition coefficient (Wildman–Crippen LogP) is 3.17. The number of likely N-dealkylation sites (N-methyl/N-ethyl adjacent to an activating group) is 1. The zero-order chi connectivity index (χ0) is 20.5. The fourth-order valence-electron chi connectivity index (χ4n) is 5.11. The molecule has 1 aliphatic carbocycles. The van der Waals surface area contributed by atoms with Crippen molar-refractivity contribution in [3.05, 3.63) is 36.0 Å². The molecule has 3 unspecified atom stereocenters. The number of piperidine rings is 1. The molecule has 1 aliphatic heterocycles. The van der Waals surface area contributed by atoms with Gasteiger partial charge in [-0.2, -0.15) is 0 Å². The van der Waals surface area contributed by atoms with E-state index in [1.54, 1.807) is 0 Å². The number of nitrogens with zero attached hydrogens (tertiary/aromatic N) is 3. The van der Waals surface area contributed by atoms with Gasteiger partial charge in [0, 0.05) is 43.3 Å². The highest BCUT2D eigenvalue weighted by Crippen LogP contribution is 2.39. The molecule has 6 nitrogen and oxygen atoms in total. The summed E-state index contributed by atoms with van der Waals surface area (Å²) in [7, 11) is 4.11. The van der Waals surface area contributed by atoms with Gasteiger partial charge in [0.15, 0.2) is 0 Å². The highest BCUT2D eigenvalue weighted by Gasteiger charge is 2.38. The molecule has 2 fully saturated rings. The highest BCUT2D eigenvalue weighted by molar-refractivity contribution is 6.07. The van der Waals surface area contributed by atoms with E-state index < -0.39 is 5.97 Å². The molecule has 0 spiro atoms. The summed E-state index contributed by atoms with van der Waals surface area (Å²) >= 11 is 0. The smallest absolute Gasteiger partial charge is 0.306 e. The number of benzene rings is 1. The summed E-state index contributed by atoms with van der Waals surface area (Å²) in [6, 6.07) is 8.14. The molecule has 1 saturated carbocycles. The van der Waals surface area contributed by atoms with Gasteiger partial charge >= 0.3 is 5.97 Å². The van der Waals surface area contributed by atoms with Crippen molar-refractivity contribution in [2.45, 2.75) is 32.2 Å². The Hall–Kier alpha value is -2.34. The average Bonchev–Trinajstić information content (AvgIpc) is 3.09. The Morgan fingerprint density at radius 1 is 1.14 bits per heavy atom. The number of aliphatic carboxylic acids is 1. The number of rotatable bonds is 5. The number of fused-ring (bicyclic) bond motifs is 2. The first-order valence-corrected chi connectivity index (χ1v) is 10.7. The second kappa shape index (κ2) is 8.19. The normalized spacial score (nSPS) is 24.7. The minimum Gasteiger partial charge on any atom is -0.481 e. The third-order valence-corrected chi connectivity index (χ3v) is 6.81. The first-order chi connectivity index (χ1) is 13.9. The number of amides is 1. The molecule has 3 atom stereocenters. The van der Waals surface area contributed by atoms with Crippen molar-refractivity contribution in [2.75, 3.05) is 33.7 Å². The number of likely N-dealkylation sites (tertiary alicyclic amines) is 1. The second-order valence-corrected chi connectivity index (χ2v) is 8.96. The fraction of sp³-hybridized carbons (Fsp3) is 0.565. The monoisotopic (exact) mass is 397 g/mol. The van der Waals surface area contributed by atoms with Crippen molar-refractivity contribution in [3.63, 3.8) is 0 Å². The van der Waals surface area contributed by atoms with E-state index in [1.165, 1.54) is 0 Å². The van der Waals surface area contributed by atoms with Crippen LogP contribution >= 0.6 is 0 Å². The number of carbonyl (C=O) groups excluding carboxylic acids is 1. The van der Waals surface area contributed by atoms with Gasteiger partial charge in [-0.05, 0) is 57.7 Å². The fourth-order valence-corrected chi connectivity index (χ4v) is 5.11. The topological polar surface area (TPSA) is 65.8 Å². The Bertz CT molecular complexity index is 904. The maximum atomic E-state index is 13.4. The van der Waals surface area contributed by atoms with E-state index in [-0.39, 0.29) is 11.8 Å². The first-order valence-electron chi connectivity index (χ1n) is 10.7. The summed E-state index contributed by atoms with van der Waals surface area (Å²) in [5.41, 5.74) is 1.89. The lowest BCUT2D eigenvalue weighted by Gasteiger charge is -2.42. The maximum absolute atomic E-state index is 13.4. The van der Waals surface area contributed by atoms with Crippen LogP contribution in [0, 0.1) is 17.8 Å². The van der Waals surface area contributed by atoms with Crippen LogP contribution in [0.15, 0.2) is 30.5 Å². The molecular formula is C23H31N3O3. The summed E-state index contributed by atoms with van der Waals surface area (Å²) < 4.78 is 2.19. The molecule has 1 aromatic carbocycles. The molecule has 6 heteroatoms. The van der Waals surface area contributed by atoms with Crippen molar-refractivity contribution in [1.29, 1.82) is 0 Å². The molecule has 2 aliphatic rings. The average molecular weight is 398 g/mol. The van der Waals surface area contributed by atoms with Crippen LogP contribution in [-0.4, -0.2) is 65.1 Å². The molecule has 1 saturated heterocycles. The highest BCUT2D eigenvalue weighted by atomic mass is 16.4. The number of aromatic nitrogens is 1. The molecular weight excluding hydrogens is 366 g/mol. The third kappa shape index (κ3) is 4.04. The Morgan fingerprint density at radius 3 is 2.69 bits per heavy atom. The van der Waals surface area contributed by atoms with Crippen LogP contribution < -0.4 is 0 Å². The Balaban J connectivity index is 1.52. The Morgan fingerprint density at radius 2 is 1.93 bits per heavy atom. The van der Waals surface area contributed by atoms with Gasteiger partial charge in [0.2, 0.25) is 0 Å². The molecule has 0 bridgehead atoms. The molecule has 1 amide bonds. The number of carbonyl (C=O) groups is 2. The quantitative estimate of drug-likeness (QED) is 0.842. The molecule has 4 rings (SSSR count). The number of hydrogen-bond acceptors (Lipinski definition) is 3. The minimum atomic E-state index is -0.660. The molecule has 1 aromatic heterocycles. The lowest BCUT2D eigenvalue weighted by Crippen LogP contribution is -2.46.